The quantitative estimate of drug-likeness (QED) is 0.906. The minimum Gasteiger partial charge on any atom is -0.496 e. The van der Waals surface area contributed by atoms with Gasteiger partial charge in [-0.3, -0.25) is 4.79 Å². The number of rotatable bonds is 3. The van der Waals surface area contributed by atoms with Crippen molar-refractivity contribution >= 4 is 18.3 Å². The number of benzene rings is 1. The van der Waals surface area contributed by atoms with Gasteiger partial charge in [-0.25, -0.2) is 0 Å². The van der Waals surface area contributed by atoms with Gasteiger partial charge in [-0.05, 0) is 18.6 Å². The van der Waals surface area contributed by atoms with Gasteiger partial charge in [-0.15, -0.1) is 12.4 Å². The van der Waals surface area contributed by atoms with Crippen LogP contribution in [0.1, 0.15) is 27.5 Å². The largest absolute Gasteiger partial charge is 0.496 e. The van der Waals surface area contributed by atoms with E-state index in [4.69, 9.17) is 4.74 Å². The number of aromatic nitrogens is 1. The third-order valence-electron chi connectivity index (χ3n) is 4.18. The maximum atomic E-state index is 12.9. The molecule has 1 unspecified atom stereocenters. The number of aryl methyl sites for hydroxylation is 1. The van der Waals surface area contributed by atoms with Gasteiger partial charge < -0.3 is 19.9 Å². The molecule has 23 heavy (non-hydrogen) atoms. The van der Waals surface area contributed by atoms with E-state index in [1.807, 2.05) is 42.3 Å². The summed E-state index contributed by atoms with van der Waals surface area (Å²) in [4.78, 5) is 17.8. The van der Waals surface area contributed by atoms with Crippen LogP contribution in [0.4, 0.5) is 0 Å². The van der Waals surface area contributed by atoms with Gasteiger partial charge in [0.15, 0.2) is 0 Å². The number of nitrogens with one attached hydrogen (secondary N) is 2. The van der Waals surface area contributed by atoms with Crippen LogP contribution < -0.4 is 10.1 Å². The molecule has 1 aromatic heterocycles. The zero-order chi connectivity index (χ0) is 15.5. The van der Waals surface area contributed by atoms with Crippen LogP contribution >= 0.6 is 12.4 Å². The zero-order valence-corrected chi connectivity index (χ0v) is 14.2. The predicted molar refractivity (Wildman–Crippen MR) is 92.4 cm³/mol. The third-order valence-corrected chi connectivity index (χ3v) is 4.18. The fraction of sp³-hybridized carbons (Fsp3) is 0.353. The number of nitrogens with zero attached hydrogens (tertiary/aromatic N) is 1. The monoisotopic (exact) mass is 335 g/mol. The number of halogens is 1. The first-order valence-electron chi connectivity index (χ1n) is 7.50. The van der Waals surface area contributed by atoms with E-state index in [1.54, 1.807) is 13.3 Å². The van der Waals surface area contributed by atoms with E-state index in [9.17, 15) is 4.79 Å². The molecule has 1 atom stereocenters. The Morgan fingerprint density at radius 2 is 2.09 bits per heavy atom. The second-order valence-corrected chi connectivity index (χ2v) is 5.51. The average Bonchev–Trinajstić information content (AvgIpc) is 3.00. The Morgan fingerprint density at radius 3 is 2.78 bits per heavy atom. The molecule has 1 saturated heterocycles. The third kappa shape index (κ3) is 3.35. The number of carbonyl (C=O) groups is 1. The Labute approximate surface area is 142 Å². The standard InChI is InChI=1S/C17H21N3O2.ClH/c1-12-9-19-10-14(12)17(21)20-8-7-18-11-15(20)13-5-3-4-6-16(13)22-2;/h3-6,9-10,15,18-19H,7-8,11H2,1-2H3;1H. The molecule has 2 aromatic rings. The molecule has 0 bridgehead atoms. The molecule has 1 amide bonds. The molecule has 0 aliphatic carbocycles. The van der Waals surface area contributed by atoms with Crippen LogP contribution in [0.15, 0.2) is 36.7 Å². The molecule has 1 fully saturated rings. The molecule has 0 radical (unpaired) electrons. The van der Waals surface area contributed by atoms with E-state index >= 15 is 0 Å². The highest BCUT2D eigenvalue weighted by Gasteiger charge is 2.31. The summed E-state index contributed by atoms with van der Waals surface area (Å²) < 4.78 is 5.47. The zero-order valence-electron chi connectivity index (χ0n) is 13.3. The van der Waals surface area contributed by atoms with Crippen LogP contribution in [0.25, 0.3) is 0 Å². The van der Waals surface area contributed by atoms with Crippen LogP contribution in [-0.2, 0) is 0 Å². The van der Waals surface area contributed by atoms with Crippen LogP contribution in [0.2, 0.25) is 0 Å². The summed E-state index contributed by atoms with van der Waals surface area (Å²) in [5, 5.41) is 3.37. The number of hydrogen-bond donors (Lipinski definition) is 2. The maximum absolute atomic E-state index is 12.9. The fourth-order valence-electron chi connectivity index (χ4n) is 2.99. The number of piperazine rings is 1. The van der Waals surface area contributed by atoms with E-state index < -0.39 is 0 Å². The van der Waals surface area contributed by atoms with Crippen molar-refractivity contribution in [2.75, 3.05) is 26.7 Å². The van der Waals surface area contributed by atoms with E-state index in [2.05, 4.69) is 10.3 Å². The fourth-order valence-corrected chi connectivity index (χ4v) is 2.99. The second kappa shape index (κ2) is 7.53. The summed E-state index contributed by atoms with van der Waals surface area (Å²) >= 11 is 0. The van der Waals surface area contributed by atoms with Crippen LogP contribution in [0, 0.1) is 6.92 Å². The summed E-state index contributed by atoms with van der Waals surface area (Å²) in [5.41, 5.74) is 2.75. The number of methoxy groups -OCH3 is 1. The van der Waals surface area contributed by atoms with Crippen LogP contribution in [-0.4, -0.2) is 42.5 Å². The normalized spacial score (nSPS) is 17.5. The minimum absolute atomic E-state index is 0. The Morgan fingerprint density at radius 1 is 1.30 bits per heavy atom. The van der Waals surface area contributed by atoms with E-state index in [0.717, 1.165) is 35.5 Å². The van der Waals surface area contributed by atoms with E-state index in [-0.39, 0.29) is 24.4 Å². The van der Waals surface area contributed by atoms with Gasteiger partial charge in [-0.2, -0.15) is 0 Å². The van der Waals surface area contributed by atoms with Crippen molar-refractivity contribution in [3.8, 4) is 5.75 Å². The first kappa shape index (κ1) is 17.4. The molecule has 3 rings (SSSR count). The van der Waals surface area contributed by atoms with Crippen LogP contribution in [0.5, 0.6) is 5.75 Å². The lowest BCUT2D eigenvalue weighted by Crippen LogP contribution is -2.48. The minimum atomic E-state index is -0.0216. The molecule has 2 N–H and O–H groups in total. The average molecular weight is 336 g/mol. The summed E-state index contributed by atoms with van der Waals surface area (Å²) in [5.74, 6) is 0.885. The SMILES string of the molecule is COc1ccccc1C1CNCCN1C(=O)c1c[nH]cc1C.Cl. The van der Waals surface area contributed by atoms with Gasteiger partial charge in [0.05, 0.1) is 18.7 Å². The molecule has 0 spiro atoms. The molecular weight excluding hydrogens is 314 g/mol. The molecule has 1 aromatic carbocycles. The van der Waals surface area contributed by atoms with Crippen molar-refractivity contribution in [3.05, 3.63) is 53.3 Å². The molecular formula is C17H22ClN3O2. The van der Waals surface area contributed by atoms with Crippen molar-refractivity contribution in [2.24, 2.45) is 0 Å². The van der Waals surface area contributed by atoms with Gasteiger partial charge in [0.2, 0.25) is 0 Å². The van der Waals surface area contributed by atoms with Crippen molar-refractivity contribution in [2.45, 2.75) is 13.0 Å². The maximum Gasteiger partial charge on any atom is 0.256 e. The van der Waals surface area contributed by atoms with Gasteiger partial charge >= 0.3 is 0 Å². The highest BCUT2D eigenvalue weighted by atomic mass is 35.5. The van der Waals surface area contributed by atoms with Crippen molar-refractivity contribution < 1.29 is 9.53 Å². The van der Waals surface area contributed by atoms with Gasteiger partial charge in [-0.1, -0.05) is 18.2 Å². The number of carbonyl (C=O) groups excluding carboxylic acids is 1. The lowest BCUT2D eigenvalue weighted by atomic mass is 10.0. The molecule has 124 valence electrons. The number of para-hydroxylation sites is 1. The topological polar surface area (TPSA) is 57.4 Å². The summed E-state index contributed by atoms with van der Waals surface area (Å²) in [6.45, 7) is 4.17. The second-order valence-electron chi connectivity index (χ2n) is 5.51. The Balaban J connectivity index is 0.00000192. The molecule has 2 heterocycles. The first-order chi connectivity index (χ1) is 10.7. The van der Waals surface area contributed by atoms with E-state index in [0.29, 0.717) is 6.54 Å². The Hall–Kier alpha value is -1.98. The van der Waals surface area contributed by atoms with Crippen molar-refractivity contribution in [3.63, 3.8) is 0 Å². The summed E-state index contributed by atoms with van der Waals surface area (Å²) in [6, 6.07) is 7.87. The molecule has 1 aliphatic heterocycles. The molecule has 6 heteroatoms. The first-order valence-corrected chi connectivity index (χ1v) is 7.50. The van der Waals surface area contributed by atoms with Crippen molar-refractivity contribution in [1.82, 2.24) is 15.2 Å². The Bertz CT molecular complexity index is 671. The number of aromatic amines is 1. The Kier molecular flexibility index (Phi) is 5.69. The summed E-state index contributed by atoms with van der Waals surface area (Å²) in [7, 11) is 1.66. The smallest absolute Gasteiger partial charge is 0.256 e. The highest BCUT2D eigenvalue weighted by molar-refractivity contribution is 5.95. The summed E-state index contributed by atoms with van der Waals surface area (Å²) in [6.07, 6.45) is 3.63. The number of H-pyrrole nitrogens is 1. The highest BCUT2D eigenvalue weighted by Crippen LogP contribution is 2.31. The van der Waals surface area contributed by atoms with Crippen molar-refractivity contribution in [1.29, 1.82) is 0 Å². The molecule has 5 nitrogen and oxygen atoms in total. The molecule has 1 aliphatic rings. The lowest BCUT2D eigenvalue weighted by molar-refractivity contribution is 0.0631. The number of ether oxygens (including phenoxy) is 1. The number of hydrogen-bond acceptors (Lipinski definition) is 3. The molecule has 0 saturated carbocycles. The van der Waals surface area contributed by atoms with E-state index in [1.165, 1.54) is 0 Å². The van der Waals surface area contributed by atoms with Gasteiger partial charge in [0.1, 0.15) is 5.75 Å². The van der Waals surface area contributed by atoms with Gasteiger partial charge in [0, 0.05) is 37.6 Å². The van der Waals surface area contributed by atoms with Gasteiger partial charge in [0.25, 0.3) is 5.91 Å². The lowest BCUT2D eigenvalue weighted by Gasteiger charge is -2.37. The predicted octanol–water partition coefficient (Wildman–Crippen LogP) is 2.54. The van der Waals surface area contributed by atoms with Crippen LogP contribution in [0.3, 0.4) is 0 Å². The number of amides is 1.